The Balaban J connectivity index is 1.46. The Morgan fingerprint density at radius 2 is 1.89 bits per heavy atom. The van der Waals surface area contributed by atoms with Gasteiger partial charge in [0.25, 0.3) is 0 Å². The van der Waals surface area contributed by atoms with Gasteiger partial charge in [0.2, 0.25) is 10.0 Å². The van der Waals surface area contributed by atoms with E-state index in [0.29, 0.717) is 24.6 Å². The summed E-state index contributed by atoms with van der Waals surface area (Å²) in [5, 5.41) is 0. The summed E-state index contributed by atoms with van der Waals surface area (Å²) in [7, 11) is -4.28. The first-order chi connectivity index (χ1) is 13.1. The molecule has 0 aliphatic carbocycles. The van der Waals surface area contributed by atoms with E-state index in [1.165, 1.54) is 0 Å². The van der Waals surface area contributed by atoms with Crippen molar-refractivity contribution in [1.29, 1.82) is 0 Å². The van der Waals surface area contributed by atoms with Crippen molar-refractivity contribution in [1.82, 2.24) is 4.72 Å². The molecule has 0 radical (unpaired) electrons. The predicted molar refractivity (Wildman–Crippen MR) is 99.3 cm³/mol. The topological polar surface area (TPSA) is 96.0 Å². The first-order valence-corrected chi connectivity index (χ1v) is 11.9. The van der Waals surface area contributed by atoms with Gasteiger partial charge in [0.05, 0.1) is 18.5 Å². The Bertz CT molecular complexity index is 932. The van der Waals surface area contributed by atoms with Crippen molar-refractivity contribution in [3.8, 4) is 0 Å². The van der Waals surface area contributed by atoms with Crippen LogP contribution in [-0.2, 0) is 25.6 Å². The van der Waals surface area contributed by atoms with Gasteiger partial charge in [-0.3, -0.25) is 9.11 Å². The number of nitrogens with one attached hydrogen (secondary N) is 1. The second kappa shape index (κ2) is 6.63. The summed E-state index contributed by atoms with van der Waals surface area (Å²) >= 11 is 0. The highest BCUT2D eigenvalue weighted by atomic mass is 32.2. The van der Waals surface area contributed by atoms with Gasteiger partial charge < -0.3 is 9.64 Å². The highest BCUT2D eigenvalue weighted by Gasteiger charge is 2.52. The number of carbonyl (C=O) groups is 1. The van der Waals surface area contributed by atoms with E-state index in [-0.39, 0.29) is 29.9 Å². The molecule has 0 saturated carbocycles. The minimum Gasteiger partial charge on any atom is -0.443 e. The number of nitrogens with zero attached hydrogens (tertiary/aromatic N) is 2. The Morgan fingerprint density at radius 1 is 1.29 bits per heavy atom. The number of rotatable bonds is 5. The molecular weight excluding hydrogens is 416 g/mol. The SMILES string of the molecule is CS(=O)(=O)NC[C@H]1CN(c2cc(F)c(N3CC4(C3)CS(=O)C4)c(F)c2)C(=O)O1. The first kappa shape index (κ1) is 19.5. The third-order valence-electron chi connectivity index (χ3n) is 5.06. The third kappa shape index (κ3) is 3.60. The van der Waals surface area contributed by atoms with Crippen LogP contribution in [0.5, 0.6) is 0 Å². The molecule has 3 heterocycles. The lowest BCUT2D eigenvalue weighted by Crippen LogP contribution is -2.67. The summed E-state index contributed by atoms with van der Waals surface area (Å²) in [5.41, 5.74) is -0.249. The molecule has 0 aromatic heterocycles. The molecule has 1 aromatic rings. The summed E-state index contributed by atoms with van der Waals surface area (Å²) in [4.78, 5) is 14.7. The highest BCUT2D eigenvalue weighted by Crippen LogP contribution is 2.44. The van der Waals surface area contributed by atoms with Crippen LogP contribution < -0.4 is 14.5 Å². The summed E-state index contributed by atoms with van der Waals surface area (Å²) in [6, 6.07) is 2.13. The number of ether oxygens (including phenoxy) is 1. The largest absolute Gasteiger partial charge is 0.443 e. The van der Waals surface area contributed by atoms with Gasteiger partial charge >= 0.3 is 6.09 Å². The average molecular weight is 435 g/mol. The molecule has 1 amide bonds. The summed E-state index contributed by atoms with van der Waals surface area (Å²) in [6.07, 6.45) is -0.582. The number of sulfonamides is 1. The van der Waals surface area contributed by atoms with Gasteiger partial charge in [-0.05, 0) is 0 Å². The number of cyclic esters (lactones) is 1. The Morgan fingerprint density at radius 3 is 2.43 bits per heavy atom. The van der Waals surface area contributed by atoms with E-state index in [1.54, 1.807) is 4.90 Å². The molecule has 8 nitrogen and oxygen atoms in total. The number of hydrogen-bond donors (Lipinski definition) is 1. The molecule has 3 aliphatic rings. The first-order valence-electron chi connectivity index (χ1n) is 8.57. The number of hydrogen-bond acceptors (Lipinski definition) is 6. The molecule has 3 saturated heterocycles. The molecule has 1 N–H and O–H groups in total. The molecule has 4 rings (SSSR count). The van der Waals surface area contributed by atoms with Gasteiger partial charge in [-0.25, -0.2) is 26.7 Å². The molecule has 1 spiro atoms. The molecule has 0 bridgehead atoms. The second-order valence-electron chi connectivity index (χ2n) is 7.58. The van der Waals surface area contributed by atoms with Crippen LogP contribution in [0.4, 0.5) is 25.0 Å². The Hall–Kier alpha value is -1.79. The highest BCUT2D eigenvalue weighted by molar-refractivity contribution is 7.88. The zero-order valence-corrected chi connectivity index (χ0v) is 16.6. The van der Waals surface area contributed by atoms with Gasteiger partial charge in [0.1, 0.15) is 11.8 Å². The zero-order chi connectivity index (χ0) is 20.3. The molecule has 3 fully saturated rings. The fraction of sp³-hybridized carbons (Fsp3) is 0.562. The quantitative estimate of drug-likeness (QED) is 0.720. The molecule has 3 aliphatic heterocycles. The fourth-order valence-corrected chi connectivity index (χ4v) is 5.97. The van der Waals surface area contributed by atoms with Crippen LogP contribution in [0.2, 0.25) is 0 Å². The number of anilines is 2. The predicted octanol–water partition coefficient (Wildman–Crippen LogP) is 0.408. The van der Waals surface area contributed by atoms with E-state index in [1.807, 2.05) is 0 Å². The molecule has 12 heteroatoms. The van der Waals surface area contributed by atoms with E-state index in [4.69, 9.17) is 4.74 Å². The lowest BCUT2D eigenvalue weighted by Gasteiger charge is -2.55. The molecule has 1 atom stereocenters. The van der Waals surface area contributed by atoms with E-state index in [0.717, 1.165) is 23.3 Å². The molecular formula is C16H19F2N3O5S2. The van der Waals surface area contributed by atoms with Gasteiger partial charge in [-0.1, -0.05) is 0 Å². The Kier molecular flexibility index (Phi) is 4.62. The van der Waals surface area contributed by atoms with Crippen LogP contribution >= 0.6 is 0 Å². The maximum Gasteiger partial charge on any atom is 0.414 e. The van der Waals surface area contributed by atoms with Crippen LogP contribution in [0.25, 0.3) is 0 Å². The maximum atomic E-state index is 14.6. The molecule has 1 aromatic carbocycles. The van der Waals surface area contributed by atoms with E-state index in [9.17, 15) is 26.2 Å². The third-order valence-corrected chi connectivity index (χ3v) is 7.62. The number of benzene rings is 1. The van der Waals surface area contributed by atoms with Crippen molar-refractivity contribution in [3.63, 3.8) is 0 Å². The van der Waals surface area contributed by atoms with E-state index < -0.39 is 44.7 Å². The van der Waals surface area contributed by atoms with Gasteiger partial charge in [0.15, 0.2) is 11.6 Å². The van der Waals surface area contributed by atoms with Crippen LogP contribution in [0, 0.1) is 17.0 Å². The lowest BCUT2D eigenvalue weighted by atomic mass is 9.82. The van der Waals surface area contributed by atoms with Crippen LogP contribution in [0.3, 0.4) is 0 Å². The summed E-state index contributed by atoms with van der Waals surface area (Å²) < 4.78 is 70.1. The molecule has 0 unspecified atom stereocenters. The van der Waals surface area contributed by atoms with Gasteiger partial charge in [-0.2, -0.15) is 0 Å². The van der Waals surface area contributed by atoms with Crippen LogP contribution in [0.15, 0.2) is 12.1 Å². The monoisotopic (exact) mass is 435 g/mol. The van der Waals surface area contributed by atoms with Crippen molar-refractivity contribution in [3.05, 3.63) is 23.8 Å². The second-order valence-corrected chi connectivity index (χ2v) is 10.9. The van der Waals surface area contributed by atoms with Crippen molar-refractivity contribution < 1.29 is 30.9 Å². The lowest BCUT2D eigenvalue weighted by molar-refractivity contribution is 0.143. The zero-order valence-electron chi connectivity index (χ0n) is 15.0. The fourth-order valence-electron chi connectivity index (χ4n) is 3.84. The molecule has 154 valence electrons. The summed E-state index contributed by atoms with van der Waals surface area (Å²) in [5.74, 6) is -0.465. The smallest absolute Gasteiger partial charge is 0.414 e. The number of amides is 1. The minimum atomic E-state index is -3.45. The maximum absolute atomic E-state index is 14.6. The van der Waals surface area contributed by atoms with E-state index in [2.05, 4.69) is 4.72 Å². The number of carbonyl (C=O) groups excluding carboxylic acids is 1. The van der Waals surface area contributed by atoms with Gasteiger partial charge in [0, 0.05) is 59.5 Å². The Labute approximate surface area is 163 Å². The van der Waals surface area contributed by atoms with Crippen molar-refractivity contribution in [2.75, 3.05) is 53.7 Å². The number of halogens is 2. The van der Waals surface area contributed by atoms with Crippen molar-refractivity contribution >= 4 is 38.3 Å². The van der Waals surface area contributed by atoms with Crippen molar-refractivity contribution in [2.24, 2.45) is 5.41 Å². The van der Waals surface area contributed by atoms with Crippen LogP contribution in [0.1, 0.15) is 0 Å². The minimum absolute atomic E-state index is 0.00518. The molecule has 28 heavy (non-hydrogen) atoms. The van der Waals surface area contributed by atoms with Crippen molar-refractivity contribution in [2.45, 2.75) is 6.10 Å². The average Bonchev–Trinajstić information content (AvgIpc) is 2.88. The standard InChI is InChI=1S/C16H19F2N3O5S2/c1-28(24,25)19-4-11-5-21(15(22)26-11)10-2-12(17)14(13(18)3-10)20-6-16(7-20)8-27(23)9-16/h2-3,11,19H,4-9H2,1H3/t11-/m0/s1. The summed E-state index contributed by atoms with van der Waals surface area (Å²) in [6.45, 7) is 0.757. The van der Waals surface area contributed by atoms with E-state index >= 15 is 0 Å². The normalized spacial score (nSPS) is 24.2. The van der Waals surface area contributed by atoms with Crippen LogP contribution in [-0.4, -0.2) is 68.8 Å². The van der Waals surface area contributed by atoms with Gasteiger partial charge in [-0.15, -0.1) is 0 Å².